The average Bonchev–Trinajstić information content (AvgIpc) is 3.34. The SMILES string of the molecule is Cc1ccc(-c2nn3c(CSc4nc5ccccc5s4)nnc3s2)cc1. The van der Waals surface area contributed by atoms with Gasteiger partial charge in [0, 0.05) is 5.56 Å². The molecule has 0 spiro atoms. The van der Waals surface area contributed by atoms with E-state index in [-0.39, 0.29) is 0 Å². The smallest absolute Gasteiger partial charge is 0.230 e. The van der Waals surface area contributed by atoms with Crippen molar-refractivity contribution in [1.29, 1.82) is 0 Å². The molecule has 0 bridgehead atoms. The summed E-state index contributed by atoms with van der Waals surface area (Å²) in [6, 6.07) is 16.6. The van der Waals surface area contributed by atoms with E-state index in [2.05, 4.69) is 52.4 Å². The van der Waals surface area contributed by atoms with Gasteiger partial charge in [-0.1, -0.05) is 65.1 Å². The van der Waals surface area contributed by atoms with Gasteiger partial charge in [-0.25, -0.2) is 4.98 Å². The second kappa shape index (κ2) is 6.46. The summed E-state index contributed by atoms with van der Waals surface area (Å²) >= 11 is 4.94. The first kappa shape index (κ1) is 15.9. The number of thiazole rings is 1. The lowest BCUT2D eigenvalue weighted by atomic mass is 10.2. The largest absolute Gasteiger partial charge is 0.235 e. The maximum atomic E-state index is 4.71. The van der Waals surface area contributed by atoms with Gasteiger partial charge in [-0.2, -0.15) is 9.61 Å². The molecule has 5 aromatic rings. The van der Waals surface area contributed by atoms with Crippen molar-refractivity contribution in [2.45, 2.75) is 17.0 Å². The minimum atomic E-state index is 0.693. The van der Waals surface area contributed by atoms with E-state index in [1.54, 1.807) is 34.4 Å². The zero-order valence-corrected chi connectivity index (χ0v) is 16.2. The molecule has 5 nitrogen and oxygen atoms in total. The van der Waals surface area contributed by atoms with Crippen molar-refractivity contribution in [3.63, 3.8) is 0 Å². The third-order valence-electron chi connectivity index (χ3n) is 3.95. The molecule has 3 heterocycles. The van der Waals surface area contributed by atoms with E-state index >= 15 is 0 Å². The van der Waals surface area contributed by atoms with Crippen LogP contribution in [0, 0.1) is 6.92 Å². The van der Waals surface area contributed by atoms with Gasteiger partial charge in [-0.05, 0) is 19.1 Å². The lowest BCUT2D eigenvalue weighted by Crippen LogP contribution is -1.94. The molecule has 0 amide bonds. The molecule has 26 heavy (non-hydrogen) atoms. The number of benzene rings is 2. The highest BCUT2D eigenvalue weighted by atomic mass is 32.2. The van der Waals surface area contributed by atoms with E-state index in [0.717, 1.165) is 31.2 Å². The van der Waals surface area contributed by atoms with Crippen LogP contribution in [0.4, 0.5) is 0 Å². The Morgan fingerprint density at radius 1 is 1.00 bits per heavy atom. The number of thioether (sulfide) groups is 1. The molecule has 0 N–H and O–H groups in total. The van der Waals surface area contributed by atoms with Crippen molar-refractivity contribution in [3.8, 4) is 10.6 Å². The van der Waals surface area contributed by atoms with Crippen molar-refractivity contribution in [2.24, 2.45) is 0 Å². The summed E-state index contributed by atoms with van der Waals surface area (Å²) in [4.78, 5) is 5.48. The second-order valence-electron chi connectivity index (χ2n) is 5.82. The van der Waals surface area contributed by atoms with Gasteiger partial charge in [-0.15, -0.1) is 21.5 Å². The van der Waals surface area contributed by atoms with Gasteiger partial charge in [0.2, 0.25) is 4.96 Å². The number of hydrogen-bond acceptors (Lipinski definition) is 7. The van der Waals surface area contributed by atoms with Crippen LogP contribution in [-0.4, -0.2) is 24.8 Å². The van der Waals surface area contributed by atoms with Crippen LogP contribution in [0.3, 0.4) is 0 Å². The molecule has 0 unspecified atom stereocenters. The third kappa shape index (κ3) is 2.90. The number of rotatable bonds is 4. The molecule has 0 saturated heterocycles. The van der Waals surface area contributed by atoms with Gasteiger partial charge in [0.05, 0.1) is 16.0 Å². The van der Waals surface area contributed by atoms with E-state index in [4.69, 9.17) is 5.10 Å². The Morgan fingerprint density at radius 2 is 1.85 bits per heavy atom. The van der Waals surface area contributed by atoms with E-state index in [9.17, 15) is 0 Å². The number of fused-ring (bicyclic) bond motifs is 2. The molecule has 0 aliphatic heterocycles. The molecule has 3 aromatic heterocycles. The number of hydrogen-bond donors (Lipinski definition) is 0. The van der Waals surface area contributed by atoms with Gasteiger partial charge in [-0.3, -0.25) is 0 Å². The maximum Gasteiger partial charge on any atom is 0.235 e. The third-order valence-corrected chi connectivity index (χ3v) is 7.08. The number of aryl methyl sites for hydroxylation is 1. The van der Waals surface area contributed by atoms with Crippen LogP contribution in [0.5, 0.6) is 0 Å². The molecule has 0 fully saturated rings. The van der Waals surface area contributed by atoms with Crippen molar-refractivity contribution >= 4 is 49.6 Å². The number of nitrogens with zero attached hydrogens (tertiary/aromatic N) is 5. The highest BCUT2D eigenvalue weighted by Gasteiger charge is 2.14. The van der Waals surface area contributed by atoms with Gasteiger partial charge in [0.15, 0.2) is 10.2 Å². The predicted molar refractivity (Wildman–Crippen MR) is 108 cm³/mol. The summed E-state index contributed by atoms with van der Waals surface area (Å²) in [7, 11) is 0. The zero-order chi connectivity index (χ0) is 17.5. The summed E-state index contributed by atoms with van der Waals surface area (Å²) < 4.78 is 4.09. The zero-order valence-electron chi connectivity index (χ0n) is 13.8. The Hall–Kier alpha value is -2.29. The molecule has 0 aliphatic carbocycles. The van der Waals surface area contributed by atoms with Crippen LogP contribution in [0.15, 0.2) is 52.9 Å². The lowest BCUT2D eigenvalue weighted by Gasteiger charge is -1.96. The number of para-hydroxylation sites is 1. The highest BCUT2D eigenvalue weighted by molar-refractivity contribution is 8.00. The van der Waals surface area contributed by atoms with Gasteiger partial charge >= 0.3 is 0 Å². The Labute approximate surface area is 161 Å². The molecule has 128 valence electrons. The summed E-state index contributed by atoms with van der Waals surface area (Å²) in [5.74, 6) is 1.54. The second-order valence-corrected chi connectivity index (χ2v) is 9.03. The van der Waals surface area contributed by atoms with Crippen LogP contribution in [0.2, 0.25) is 0 Å². The number of aromatic nitrogens is 5. The van der Waals surface area contributed by atoms with Crippen molar-refractivity contribution in [3.05, 3.63) is 59.9 Å². The van der Waals surface area contributed by atoms with Crippen LogP contribution in [-0.2, 0) is 5.75 Å². The van der Waals surface area contributed by atoms with Crippen LogP contribution in [0.1, 0.15) is 11.4 Å². The Bertz CT molecular complexity index is 1170. The first-order chi connectivity index (χ1) is 12.8. The Morgan fingerprint density at radius 3 is 2.69 bits per heavy atom. The first-order valence-corrected chi connectivity index (χ1v) is 10.6. The molecule has 2 aromatic carbocycles. The summed E-state index contributed by atoms with van der Waals surface area (Å²) in [6.07, 6.45) is 0. The minimum Gasteiger partial charge on any atom is -0.230 e. The van der Waals surface area contributed by atoms with Crippen molar-refractivity contribution in [2.75, 3.05) is 0 Å². The maximum absolute atomic E-state index is 4.71. The fourth-order valence-corrected chi connectivity index (χ4v) is 5.44. The molecule has 8 heteroatoms. The molecule has 0 saturated carbocycles. The lowest BCUT2D eigenvalue weighted by molar-refractivity contribution is 0.887. The van der Waals surface area contributed by atoms with Crippen LogP contribution in [0.25, 0.3) is 25.7 Å². The fraction of sp³-hybridized carbons (Fsp3) is 0.111. The molecular weight excluding hydrogens is 382 g/mol. The van der Waals surface area contributed by atoms with E-state index in [1.165, 1.54) is 10.3 Å². The molecule has 0 atom stereocenters. The summed E-state index contributed by atoms with van der Waals surface area (Å²) in [6.45, 7) is 2.08. The minimum absolute atomic E-state index is 0.693. The van der Waals surface area contributed by atoms with Gasteiger partial charge in [0.1, 0.15) is 5.01 Å². The van der Waals surface area contributed by atoms with Crippen molar-refractivity contribution in [1.82, 2.24) is 24.8 Å². The van der Waals surface area contributed by atoms with Gasteiger partial charge < -0.3 is 0 Å². The Balaban J connectivity index is 1.41. The monoisotopic (exact) mass is 395 g/mol. The van der Waals surface area contributed by atoms with E-state index < -0.39 is 0 Å². The standard InChI is InChI=1S/C18H13N5S3/c1-11-6-8-12(9-7-11)16-22-23-15(20-21-17(23)26-16)10-24-18-19-13-4-2-3-5-14(13)25-18/h2-9H,10H2,1H3. The molecule has 0 aliphatic rings. The molecular formula is C18H13N5S3. The summed E-state index contributed by atoms with van der Waals surface area (Å²) in [5.41, 5.74) is 3.39. The van der Waals surface area contributed by atoms with Crippen molar-refractivity contribution < 1.29 is 0 Å². The molecule has 5 rings (SSSR count). The highest BCUT2D eigenvalue weighted by Crippen LogP contribution is 2.32. The predicted octanol–water partition coefficient (Wildman–Crippen LogP) is 5.06. The quantitative estimate of drug-likeness (QED) is 0.398. The topological polar surface area (TPSA) is 56.0 Å². The van der Waals surface area contributed by atoms with Crippen LogP contribution >= 0.6 is 34.4 Å². The first-order valence-electron chi connectivity index (χ1n) is 8.03. The van der Waals surface area contributed by atoms with Gasteiger partial charge in [0.25, 0.3) is 0 Å². The average molecular weight is 396 g/mol. The van der Waals surface area contributed by atoms with E-state index in [0.29, 0.717) is 5.75 Å². The molecule has 0 radical (unpaired) electrons. The van der Waals surface area contributed by atoms with Crippen LogP contribution < -0.4 is 0 Å². The Kier molecular flexibility index (Phi) is 3.96. The fourth-order valence-electron chi connectivity index (χ4n) is 2.60. The summed E-state index contributed by atoms with van der Waals surface area (Å²) in [5, 5.41) is 14.2. The van der Waals surface area contributed by atoms with E-state index in [1.807, 2.05) is 22.7 Å². The normalized spacial score (nSPS) is 11.6.